The number of ether oxygens (including phenoxy) is 2. The molecule has 0 unspecified atom stereocenters. The van der Waals surface area contributed by atoms with Gasteiger partial charge in [0.05, 0.1) is 19.3 Å². The summed E-state index contributed by atoms with van der Waals surface area (Å²) < 4.78 is 11.3. The molecule has 24 heavy (non-hydrogen) atoms. The first kappa shape index (κ1) is 15.7. The molecule has 4 rings (SSSR count). The Morgan fingerprint density at radius 2 is 1.92 bits per heavy atom. The highest BCUT2D eigenvalue weighted by atomic mass is 16.5. The molecule has 1 heterocycles. The third kappa shape index (κ3) is 3.19. The summed E-state index contributed by atoms with van der Waals surface area (Å²) in [5, 5.41) is 8.77. The molecule has 1 aromatic carbocycles. The maximum Gasteiger partial charge on any atom is 0.289 e. The van der Waals surface area contributed by atoms with Crippen molar-refractivity contribution in [2.45, 2.75) is 43.7 Å². The van der Waals surface area contributed by atoms with E-state index in [-0.39, 0.29) is 24.7 Å². The first-order valence-corrected chi connectivity index (χ1v) is 8.76. The Hall–Kier alpha value is -1.85. The average molecular weight is 329 g/mol. The van der Waals surface area contributed by atoms with Crippen molar-refractivity contribution >= 4 is 5.91 Å². The molecule has 2 aliphatic carbocycles. The van der Waals surface area contributed by atoms with Gasteiger partial charge in [-0.1, -0.05) is 12.1 Å². The Bertz CT molecular complexity index is 629. The topological polar surface area (TPSA) is 59.0 Å². The van der Waals surface area contributed by atoms with Crippen molar-refractivity contribution in [2.75, 3.05) is 19.8 Å². The van der Waals surface area contributed by atoms with Crippen LogP contribution in [0.1, 0.15) is 37.2 Å². The molecule has 5 heteroatoms. The van der Waals surface area contributed by atoms with Crippen molar-refractivity contribution < 1.29 is 19.4 Å². The first-order valence-electron chi connectivity index (χ1n) is 8.76. The fourth-order valence-corrected chi connectivity index (χ4v) is 3.39. The smallest absolute Gasteiger partial charge is 0.289 e. The Kier molecular flexibility index (Phi) is 4.29. The molecule has 2 saturated carbocycles. The van der Waals surface area contributed by atoms with Crippen LogP contribution in [0.3, 0.4) is 0 Å². The van der Waals surface area contributed by atoms with Crippen molar-refractivity contribution in [3.63, 3.8) is 0 Å². The largest absolute Gasteiger partial charge is 0.452 e. The minimum absolute atomic E-state index is 0.0353. The van der Waals surface area contributed by atoms with Crippen molar-refractivity contribution in [3.8, 4) is 5.75 Å². The molecule has 0 aromatic heterocycles. The fourth-order valence-electron chi connectivity index (χ4n) is 3.39. The lowest BCUT2D eigenvalue weighted by Crippen LogP contribution is -2.49. The molecule has 1 aromatic rings. The third-order valence-electron chi connectivity index (χ3n) is 5.06. The van der Waals surface area contributed by atoms with E-state index in [2.05, 4.69) is 12.1 Å². The molecular weight excluding hydrogens is 306 g/mol. The Balaban J connectivity index is 1.29. The van der Waals surface area contributed by atoms with Gasteiger partial charge < -0.3 is 19.5 Å². The number of hydrogen-bond donors (Lipinski definition) is 1. The maximum absolute atomic E-state index is 12.5. The van der Waals surface area contributed by atoms with Gasteiger partial charge in [-0.05, 0) is 55.4 Å². The molecule has 128 valence electrons. The summed E-state index contributed by atoms with van der Waals surface area (Å²) in [5.74, 6) is 1.83. The van der Waals surface area contributed by atoms with E-state index in [1.54, 1.807) is 0 Å². The number of carbonyl (C=O) groups excluding carboxylic acids is 1. The summed E-state index contributed by atoms with van der Waals surface area (Å²) in [7, 11) is 0. The van der Waals surface area contributed by atoms with E-state index < -0.39 is 0 Å². The highest BCUT2D eigenvalue weighted by Gasteiger charge is 2.40. The molecule has 0 bridgehead atoms. The summed E-state index contributed by atoms with van der Waals surface area (Å²) in [6.45, 7) is 1.02. The Labute approximate surface area is 141 Å². The molecule has 0 radical (unpaired) electrons. The van der Waals surface area contributed by atoms with Gasteiger partial charge in [-0.15, -0.1) is 0 Å². The van der Waals surface area contributed by atoms with Crippen LogP contribution in [-0.4, -0.2) is 47.8 Å². The number of aliphatic hydroxyl groups excluding tert-OH is 1. The Morgan fingerprint density at radius 1 is 1.17 bits per heavy atom. The van der Waals surface area contributed by atoms with Crippen LogP contribution in [0, 0.1) is 0 Å². The van der Waals surface area contributed by atoms with Gasteiger partial charge in [-0.3, -0.25) is 4.79 Å². The second-order valence-corrected chi connectivity index (χ2v) is 6.81. The summed E-state index contributed by atoms with van der Waals surface area (Å²) in [5.41, 5.74) is 1.36. The van der Waals surface area contributed by atoms with Crippen LogP contribution in [0.2, 0.25) is 0 Å². The average Bonchev–Trinajstić information content (AvgIpc) is 3.34. The summed E-state index contributed by atoms with van der Waals surface area (Å²) in [4.78, 5) is 14.4. The maximum atomic E-state index is 12.5. The van der Waals surface area contributed by atoms with Crippen molar-refractivity contribution in [3.05, 3.63) is 41.7 Å². The summed E-state index contributed by atoms with van der Waals surface area (Å²) in [6, 6.07) is 8.31. The van der Waals surface area contributed by atoms with Crippen LogP contribution in [0.4, 0.5) is 0 Å². The highest BCUT2D eigenvalue weighted by Crippen LogP contribution is 2.40. The van der Waals surface area contributed by atoms with Crippen LogP contribution >= 0.6 is 0 Å². The molecule has 3 aliphatic rings. The number of carbonyl (C=O) groups is 1. The van der Waals surface area contributed by atoms with Crippen LogP contribution in [0.25, 0.3) is 0 Å². The lowest BCUT2D eigenvalue weighted by atomic mass is 9.88. The van der Waals surface area contributed by atoms with Gasteiger partial charge in [0.25, 0.3) is 5.91 Å². The zero-order chi connectivity index (χ0) is 16.5. The van der Waals surface area contributed by atoms with E-state index in [1.165, 1.54) is 18.4 Å². The van der Waals surface area contributed by atoms with Gasteiger partial charge in [0.2, 0.25) is 0 Å². The van der Waals surface area contributed by atoms with E-state index in [0.717, 1.165) is 24.5 Å². The van der Waals surface area contributed by atoms with E-state index in [4.69, 9.17) is 14.6 Å². The van der Waals surface area contributed by atoms with Gasteiger partial charge in [0.1, 0.15) is 5.75 Å². The van der Waals surface area contributed by atoms with Gasteiger partial charge in [0.15, 0.2) is 5.76 Å². The van der Waals surface area contributed by atoms with Crippen molar-refractivity contribution in [1.82, 2.24) is 4.90 Å². The minimum Gasteiger partial charge on any atom is -0.452 e. The monoisotopic (exact) mass is 329 g/mol. The van der Waals surface area contributed by atoms with Crippen LogP contribution < -0.4 is 4.74 Å². The quantitative estimate of drug-likeness (QED) is 0.833. The van der Waals surface area contributed by atoms with E-state index >= 15 is 0 Å². The number of aliphatic hydroxyl groups is 1. The van der Waals surface area contributed by atoms with Gasteiger partial charge in [0, 0.05) is 12.6 Å². The standard InChI is InChI=1S/C19H23NO4/c21-9-10-23-17-11-15(12-17)20-8-7-18(19(20)22)24-16-5-3-14(4-6-16)13-1-2-13/h3-7,13,15,17,21H,1-2,8-12H2. The molecule has 0 spiro atoms. The molecule has 2 fully saturated rings. The first-order chi connectivity index (χ1) is 11.7. The van der Waals surface area contributed by atoms with Gasteiger partial charge in [-0.2, -0.15) is 0 Å². The van der Waals surface area contributed by atoms with E-state index in [0.29, 0.717) is 18.9 Å². The molecule has 5 nitrogen and oxygen atoms in total. The predicted octanol–water partition coefficient (Wildman–Crippen LogP) is 2.21. The highest BCUT2D eigenvalue weighted by molar-refractivity contribution is 5.94. The zero-order valence-corrected chi connectivity index (χ0v) is 13.7. The van der Waals surface area contributed by atoms with Crippen LogP contribution in [0.5, 0.6) is 5.75 Å². The van der Waals surface area contributed by atoms with Gasteiger partial charge in [-0.25, -0.2) is 0 Å². The SMILES string of the molecule is O=C1C(Oc2ccc(C3CC3)cc2)=CCN1C1CC(OCCO)C1. The van der Waals surface area contributed by atoms with Crippen molar-refractivity contribution in [1.29, 1.82) is 0 Å². The number of nitrogens with zero attached hydrogens (tertiary/aromatic N) is 1. The number of benzene rings is 1. The van der Waals surface area contributed by atoms with E-state index in [1.807, 2.05) is 23.1 Å². The molecule has 1 N–H and O–H groups in total. The second-order valence-electron chi connectivity index (χ2n) is 6.81. The second kappa shape index (κ2) is 6.57. The molecule has 1 amide bonds. The fraction of sp³-hybridized carbons (Fsp3) is 0.526. The third-order valence-corrected chi connectivity index (χ3v) is 5.06. The van der Waals surface area contributed by atoms with Crippen LogP contribution in [-0.2, 0) is 9.53 Å². The zero-order valence-electron chi connectivity index (χ0n) is 13.7. The number of rotatable bonds is 7. The van der Waals surface area contributed by atoms with Crippen LogP contribution in [0.15, 0.2) is 36.1 Å². The minimum atomic E-state index is -0.0353. The lowest BCUT2D eigenvalue weighted by molar-refractivity contribution is -0.135. The van der Waals surface area contributed by atoms with E-state index in [9.17, 15) is 4.79 Å². The predicted molar refractivity (Wildman–Crippen MR) is 88.7 cm³/mol. The van der Waals surface area contributed by atoms with Gasteiger partial charge >= 0.3 is 0 Å². The summed E-state index contributed by atoms with van der Waals surface area (Å²) >= 11 is 0. The number of amides is 1. The Morgan fingerprint density at radius 3 is 2.58 bits per heavy atom. The van der Waals surface area contributed by atoms with Crippen molar-refractivity contribution in [2.24, 2.45) is 0 Å². The normalized spacial score (nSPS) is 26.3. The molecule has 0 saturated heterocycles. The number of hydrogen-bond acceptors (Lipinski definition) is 4. The molecule has 1 aliphatic heterocycles. The summed E-state index contributed by atoms with van der Waals surface area (Å²) in [6.07, 6.45) is 6.26. The molecule has 0 atom stereocenters. The molecular formula is C19H23NO4. The lowest BCUT2D eigenvalue weighted by Gasteiger charge is -2.40.